The zero-order valence-electron chi connectivity index (χ0n) is 16.3. The molecule has 3 aromatic carbocycles. The molecule has 3 nitrogen and oxygen atoms in total. The molecule has 3 aromatic rings. The van der Waals surface area contributed by atoms with Crippen molar-refractivity contribution >= 4 is 35.6 Å². The summed E-state index contributed by atoms with van der Waals surface area (Å²) in [6.45, 7) is 0. The van der Waals surface area contributed by atoms with Crippen LogP contribution in [-0.2, 0) is 9.59 Å². The molecule has 1 aliphatic rings. The summed E-state index contributed by atoms with van der Waals surface area (Å²) in [5.74, 6) is -0.857. The van der Waals surface area contributed by atoms with E-state index in [0.717, 1.165) is 16.7 Å². The van der Waals surface area contributed by atoms with Gasteiger partial charge in [0.15, 0.2) is 5.78 Å². The van der Waals surface area contributed by atoms with E-state index >= 15 is 0 Å². The van der Waals surface area contributed by atoms with E-state index in [-0.39, 0.29) is 5.78 Å². The van der Waals surface area contributed by atoms with Gasteiger partial charge in [-0.25, -0.2) is 0 Å². The number of hydrogen-bond donors (Lipinski definition) is 0. The molecular weight excluding hydrogens is 372 g/mol. The Kier molecular flexibility index (Phi) is 7.17. The molecule has 0 radical (unpaired) electrons. The summed E-state index contributed by atoms with van der Waals surface area (Å²) in [6, 6.07) is 26.6. The van der Waals surface area contributed by atoms with Crippen molar-refractivity contribution in [3.63, 3.8) is 0 Å². The monoisotopic (exact) mass is 392 g/mol. The summed E-state index contributed by atoms with van der Waals surface area (Å²) in [5.41, 5.74) is 3.38. The average molecular weight is 392 g/mol. The fraction of sp³-hybridized carbons (Fsp3) is 0. The van der Waals surface area contributed by atoms with Crippen LogP contribution in [0.3, 0.4) is 0 Å². The maximum Gasteiger partial charge on any atom is 0.233 e. The summed E-state index contributed by atoms with van der Waals surface area (Å²) >= 11 is 0. The Balaban J connectivity index is 0.000000184. The van der Waals surface area contributed by atoms with Gasteiger partial charge in [-0.1, -0.05) is 103 Å². The number of rotatable bonds is 4. The van der Waals surface area contributed by atoms with E-state index in [0.29, 0.717) is 5.56 Å². The van der Waals surface area contributed by atoms with Gasteiger partial charge in [-0.2, -0.15) is 0 Å². The first-order valence-corrected chi connectivity index (χ1v) is 9.49. The Morgan fingerprint density at radius 1 is 0.600 bits per heavy atom. The molecule has 0 atom stereocenters. The average Bonchev–Trinajstić information content (AvgIpc) is 2.81. The van der Waals surface area contributed by atoms with Crippen LogP contribution in [0.1, 0.15) is 27.0 Å². The first-order valence-electron chi connectivity index (χ1n) is 9.49. The fourth-order valence-corrected chi connectivity index (χ4v) is 2.76. The number of ketones is 3. The molecule has 4 rings (SSSR count). The summed E-state index contributed by atoms with van der Waals surface area (Å²) in [6.07, 6.45) is 9.77. The summed E-state index contributed by atoms with van der Waals surface area (Å²) < 4.78 is 0. The second kappa shape index (κ2) is 10.4. The van der Waals surface area contributed by atoms with Gasteiger partial charge in [0.05, 0.1) is 0 Å². The van der Waals surface area contributed by atoms with Crippen molar-refractivity contribution < 1.29 is 14.4 Å². The normalized spacial score (nSPS) is 12.5. The van der Waals surface area contributed by atoms with Crippen molar-refractivity contribution in [2.24, 2.45) is 0 Å². The topological polar surface area (TPSA) is 51.2 Å². The second-order valence-electron chi connectivity index (χ2n) is 6.50. The number of benzene rings is 3. The molecule has 0 aromatic heterocycles. The van der Waals surface area contributed by atoms with E-state index in [4.69, 9.17) is 0 Å². The third-order valence-corrected chi connectivity index (χ3v) is 4.32. The molecule has 3 heteroatoms. The number of hydrogen-bond acceptors (Lipinski definition) is 3. The van der Waals surface area contributed by atoms with E-state index in [1.807, 2.05) is 84.9 Å². The van der Waals surface area contributed by atoms with Crippen molar-refractivity contribution in [1.82, 2.24) is 0 Å². The molecule has 0 N–H and O–H groups in total. The molecule has 0 unspecified atom stereocenters. The van der Waals surface area contributed by atoms with Gasteiger partial charge in [0.25, 0.3) is 0 Å². The Labute approximate surface area is 175 Å². The highest BCUT2D eigenvalue weighted by molar-refractivity contribution is 6.49. The molecule has 0 fully saturated rings. The number of fused-ring (bicyclic) bond motifs is 1. The minimum absolute atomic E-state index is 0.0114. The summed E-state index contributed by atoms with van der Waals surface area (Å²) in [7, 11) is 0. The molecule has 0 heterocycles. The molecule has 0 saturated carbocycles. The van der Waals surface area contributed by atoms with Crippen LogP contribution in [0.25, 0.3) is 18.2 Å². The van der Waals surface area contributed by atoms with Crippen LogP contribution in [0.5, 0.6) is 0 Å². The predicted molar refractivity (Wildman–Crippen MR) is 121 cm³/mol. The molecule has 0 spiro atoms. The Bertz CT molecular complexity index is 1070. The summed E-state index contributed by atoms with van der Waals surface area (Å²) in [4.78, 5) is 33.8. The van der Waals surface area contributed by atoms with Crippen molar-refractivity contribution in [3.8, 4) is 0 Å². The molecular formula is C27H20O3. The van der Waals surface area contributed by atoms with Crippen LogP contribution < -0.4 is 0 Å². The lowest BCUT2D eigenvalue weighted by atomic mass is 9.96. The highest BCUT2D eigenvalue weighted by atomic mass is 16.2. The maximum atomic E-state index is 11.6. The zero-order valence-corrected chi connectivity index (χ0v) is 16.3. The molecule has 0 aliphatic heterocycles. The largest absolute Gasteiger partial charge is 0.290 e. The number of allylic oxidation sites excluding steroid dienone is 3. The molecule has 1 aliphatic carbocycles. The Morgan fingerprint density at radius 2 is 1.10 bits per heavy atom. The van der Waals surface area contributed by atoms with Crippen LogP contribution in [0.4, 0.5) is 0 Å². The standard InChI is InChI=1S/C17H14O.C10H6O2/c18-17(13-11-15-7-3-1-4-8-15)14-12-16-9-5-2-6-10-16;11-9-6-5-7-3-1-2-4-8(7)10(9)12/h1-14H;1-6H/b13-11+,14-12+;. The van der Waals surface area contributed by atoms with Crippen molar-refractivity contribution in [1.29, 1.82) is 0 Å². The second-order valence-corrected chi connectivity index (χ2v) is 6.50. The molecule has 146 valence electrons. The number of carbonyl (C=O) groups excluding carboxylic acids is 3. The van der Waals surface area contributed by atoms with Gasteiger partial charge in [0.2, 0.25) is 11.6 Å². The van der Waals surface area contributed by atoms with Gasteiger partial charge in [-0.05, 0) is 34.9 Å². The van der Waals surface area contributed by atoms with Crippen LogP contribution in [-0.4, -0.2) is 17.3 Å². The van der Waals surface area contributed by atoms with Crippen molar-refractivity contribution in [2.45, 2.75) is 0 Å². The van der Waals surface area contributed by atoms with E-state index in [1.165, 1.54) is 6.08 Å². The third-order valence-electron chi connectivity index (χ3n) is 4.32. The highest BCUT2D eigenvalue weighted by Crippen LogP contribution is 2.16. The number of carbonyl (C=O) groups is 3. The fourth-order valence-electron chi connectivity index (χ4n) is 2.76. The van der Waals surface area contributed by atoms with Crippen LogP contribution in [0, 0.1) is 0 Å². The minimum atomic E-state index is -0.436. The minimum Gasteiger partial charge on any atom is -0.290 e. The molecule has 0 saturated heterocycles. The SMILES string of the molecule is O=C(/C=C/c1ccccc1)/C=C/c1ccccc1.O=C1C=Cc2ccccc2C1=O. The van der Waals surface area contributed by atoms with Gasteiger partial charge in [-0.15, -0.1) is 0 Å². The van der Waals surface area contributed by atoms with Gasteiger partial charge >= 0.3 is 0 Å². The van der Waals surface area contributed by atoms with Crippen LogP contribution in [0.15, 0.2) is 103 Å². The lowest BCUT2D eigenvalue weighted by molar-refractivity contribution is -0.111. The maximum absolute atomic E-state index is 11.6. The van der Waals surface area contributed by atoms with Crippen LogP contribution in [0.2, 0.25) is 0 Å². The van der Waals surface area contributed by atoms with E-state index in [9.17, 15) is 14.4 Å². The quantitative estimate of drug-likeness (QED) is 0.438. The predicted octanol–water partition coefficient (Wildman–Crippen LogP) is 5.45. The Hall–Kier alpha value is -4.11. The molecule has 0 amide bonds. The molecule has 0 bridgehead atoms. The van der Waals surface area contributed by atoms with Gasteiger partial charge < -0.3 is 0 Å². The van der Waals surface area contributed by atoms with Crippen molar-refractivity contribution in [2.75, 3.05) is 0 Å². The first kappa shape index (κ1) is 20.6. The highest BCUT2D eigenvalue weighted by Gasteiger charge is 2.19. The lowest BCUT2D eigenvalue weighted by Crippen LogP contribution is -2.15. The summed E-state index contributed by atoms with van der Waals surface area (Å²) in [5, 5.41) is 0. The first-order chi connectivity index (χ1) is 14.6. The molecule has 30 heavy (non-hydrogen) atoms. The van der Waals surface area contributed by atoms with E-state index in [2.05, 4.69) is 0 Å². The number of Topliss-reactive ketones (excluding diaryl/α,β-unsaturated/α-hetero) is 1. The zero-order chi connectivity index (χ0) is 21.2. The van der Waals surface area contributed by atoms with Gasteiger partial charge in [0, 0.05) is 5.56 Å². The third kappa shape index (κ3) is 5.94. The smallest absolute Gasteiger partial charge is 0.233 e. The van der Waals surface area contributed by atoms with Gasteiger partial charge in [-0.3, -0.25) is 14.4 Å². The Morgan fingerprint density at radius 3 is 1.67 bits per heavy atom. The lowest BCUT2D eigenvalue weighted by Gasteiger charge is -2.06. The van der Waals surface area contributed by atoms with Crippen molar-refractivity contribution in [3.05, 3.63) is 125 Å². The van der Waals surface area contributed by atoms with E-state index in [1.54, 1.807) is 30.4 Å². The van der Waals surface area contributed by atoms with E-state index < -0.39 is 11.6 Å². The van der Waals surface area contributed by atoms with Crippen LogP contribution >= 0.6 is 0 Å². The van der Waals surface area contributed by atoms with Gasteiger partial charge in [0.1, 0.15) is 0 Å².